The fraction of sp³-hybridized carbons (Fsp3) is 0.524. The Labute approximate surface area is 158 Å². The SMILES string of the molecule is CC1CCC23OC(=N)C(C#N)(C2C1)C(C#N)(C#N)C(Cc1ccccc1)O3. The van der Waals surface area contributed by atoms with Crippen LogP contribution in [-0.2, 0) is 15.9 Å². The molecule has 3 aliphatic rings. The van der Waals surface area contributed by atoms with E-state index in [1.165, 1.54) is 0 Å². The minimum Gasteiger partial charge on any atom is -0.447 e. The molecule has 0 amide bonds. The first-order chi connectivity index (χ1) is 13.0. The molecule has 0 radical (unpaired) electrons. The summed E-state index contributed by atoms with van der Waals surface area (Å²) in [5.74, 6) is -1.55. The van der Waals surface area contributed by atoms with Gasteiger partial charge in [-0.3, -0.25) is 5.41 Å². The van der Waals surface area contributed by atoms with Gasteiger partial charge in [-0.05, 0) is 24.3 Å². The van der Waals surface area contributed by atoms with E-state index in [1.807, 2.05) is 30.3 Å². The molecular formula is C21H20N4O2. The van der Waals surface area contributed by atoms with E-state index in [9.17, 15) is 15.8 Å². The zero-order valence-electron chi connectivity index (χ0n) is 15.1. The van der Waals surface area contributed by atoms with Gasteiger partial charge in [-0.15, -0.1) is 0 Å². The summed E-state index contributed by atoms with van der Waals surface area (Å²) in [6.45, 7) is 2.08. The van der Waals surface area contributed by atoms with E-state index in [-0.39, 0.29) is 5.90 Å². The molecule has 1 N–H and O–H groups in total. The van der Waals surface area contributed by atoms with Gasteiger partial charge < -0.3 is 9.47 Å². The van der Waals surface area contributed by atoms with Crippen LogP contribution in [0.1, 0.15) is 31.7 Å². The van der Waals surface area contributed by atoms with Crippen LogP contribution in [0.25, 0.3) is 0 Å². The topological polar surface area (TPSA) is 114 Å². The summed E-state index contributed by atoms with van der Waals surface area (Å²) in [7, 11) is 0. The monoisotopic (exact) mass is 360 g/mol. The van der Waals surface area contributed by atoms with Crippen molar-refractivity contribution in [3.8, 4) is 18.2 Å². The summed E-state index contributed by atoms with van der Waals surface area (Å²) in [4.78, 5) is 0. The molecule has 136 valence electrons. The highest BCUT2D eigenvalue weighted by molar-refractivity contribution is 5.89. The highest BCUT2D eigenvalue weighted by atomic mass is 16.7. The van der Waals surface area contributed by atoms with Crippen LogP contribution in [0.3, 0.4) is 0 Å². The lowest BCUT2D eigenvalue weighted by Gasteiger charge is -2.52. The number of hydrogen-bond acceptors (Lipinski definition) is 6. The van der Waals surface area contributed by atoms with E-state index in [0.717, 1.165) is 12.0 Å². The van der Waals surface area contributed by atoms with Gasteiger partial charge >= 0.3 is 0 Å². The van der Waals surface area contributed by atoms with Crippen LogP contribution in [0.5, 0.6) is 0 Å². The molecule has 1 aromatic carbocycles. The zero-order chi connectivity index (χ0) is 19.3. The van der Waals surface area contributed by atoms with E-state index >= 15 is 0 Å². The van der Waals surface area contributed by atoms with Gasteiger partial charge in [-0.2, -0.15) is 15.8 Å². The largest absolute Gasteiger partial charge is 0.447 e. The van der Waals surface area contributed by atoms with Gasteiger partial charge in [-0.1, -0.05) is 37.3 Å². The smallest absolute Gasteiger partial charge is 0.217 e. The molecule has 2 saturated heterocycles. The third kappa shape index (κ3) is 2.04. The van der Waals surface area contributed by atoms with E-state index in [2.05, 4.69) is 25.1 Å². The summed E-state index contributed by atoms with van der Waals surface area (Å²) in [5, 5.41) is 38.9. The van der Waals surface area contributed by atoms with Crippen molar-refractivity contribution in [2.75, 3.05) is 0 Å². The van der Waals surface area contributed by atoms with Crippen molar-refractivity contribution in [3.63, 3.8) is 0 Å². The van der Waals surface area contributed by atoms with Crippen LogP contribution >= 0.6 is 0 Å². The maximum absolute atomic E-state index is 10.2. The quantitative estimate of drug-likeness (QED) is 0.869. The van der Waals surface area contributed by atoms with Crippen LogP contribution in [0, 0.1) is 62.1 Å². The van der Waals surface area contributed by atoms with Gasteiger partial charge in [0.2, 0.25) is 11.7 Å². The highest BCUT2D eigenvalue weighted by Crippen LogP contribution is 2.67. The van der Waals surface area contributed by atoms with Gasteiger partial charge in [0.25, 0.3) is 0 Å². The third-order valence-electron chi connectivity index (χ3n) is 6.55. The Morgan fingerprint density at radius 2 is 1.85 bits per heavy atom. The van der Waals surface area contributed by atoms with Crippen molar-refractivity contribution < 1.29 is 9.47 Å². The second-order valence-electron chi connectivity index (χ2n) is 7.92. The molecule has 1 saturated carbocycles. The van der Waals surface area contributed by atoms with Crippen molar-refractivity contribution in [1.29, 1.82) is 21.2 Å². The molecule has 2 heterocycles. The van der Waals surface area contributed by atoms with E-state index in [0.29, 0.717) is 25.2 Å². The standard InChI is InChI=1S/C21H20N4O2/c1-14-7-8-21-16(9-14)20(13-24,18(25)27-21)19(11-22,12-23)17(26-21)10-15-5-3-2-4-6-15/h2-6,14,16-17,25H,7-10H2,1H3. The van der Waals surface area contributed by atoms with Crippen LogP contribution < -0.4 is 0 Å². The van der Waals surface area contributed by atoms with Crippen molar-refractivity contribution >= 4 is 5.90 Å². The Bertz CT molecular complexity index is 895. The fourth-order valence-electron chi connectivity index (χ4n) is 5.15. The molecule has 0 aromatic heterocycles. The average Bonchev–Trinajstić information content (AvgIpc) is 2.88. The van der Waals surface area contributed by atoms with Gasteiger partial charge in [0, 0.05) is 12.8 Å². The number of hydrogen-bond donors (Lipinski definition) is 1. The summed E-state index contributed by atoms with van der Waals surface area (Å²) in [5.41, 5.74) is -2.49. The first-order valence-electron chi connectivity index (χ1n) is 9.21. The van der Waals surface area contributed by atoms with Crippen LogP contribution in [0.15, 0.2) is 30.3 Å². The number of nitrogens with one attached hydrogen (secondary N) is 1. The molecule has 0 spiro atoms. The van der Waals surface area contributed by atoms with Gasteiger partial charge in [-0.25, -0.2) is 0 Å². The molecule has 3 fully saturated rings. The normalized spacial score (nSPS) is 38.6. The Kier molecular flexibility index (Phi) is 3.77. The number of nitriles is 3. The number of nitrogens with zero attached hydrogens (tertiary/aromatic N) is 3. The molecule has 2 aliphatic heterocycles. The molecule has 1 aromatic rings. The Morgan fingerprint density at radius 3 is 2.48 bits per heavy atom. The van der Waals surface area contributed by atoms with Gasteiger partial charge in [0.05, 0.1) is 24.1 Å². The Morgan fingerprint density at radius 1 is 1.15 bits per heavy atom. The molecule has 4 rings (SSSR count). The summed E-state index contributed by atoms with van der Waals surface area (Å²) in [6, 6.07) is 15.9. The van der Waals surface area contributed by atoms with Crippen molar-refractivity contribution in [2.45, 2.75) is 44.5 Å². The second kappa shape index (κ2) is 5.81. The van der Waals surface area contributed by atoms with E-state index in [4.69, 9.17) is 14.9 Å². The molecule has 5 atom stereocenters. The van der Waals surface area contributed by atoms with Crippen molar-refractivity contribution in [1.82, 2.24) is 0 Å². The lowest BCUT2D eigenvalue weighted by Crippen LogP contribution is -2.64. The average molecular weight is 360 g/mol. The molecule has 27 heavy (non-hydrogen) atoms. The van der Waals surface area contributed by atoms with Crippen LogP contribution in [-0.4, -0.2) is 17.8 Å². The molecule has 6 nitrogen and oxygen atoms in total. The maximum Gasteiger partial charge on any atom is 0.217 e. The first kappa shape index (κ1) is 17.5. The molecule has 2 bridgehead atoms. The van der Waals surface area contributed by atoms with E-state index < -0.39 is 28.6 Å². The Balaban J connectivity index is 1.89. The second-order valence-corrected chi connectivity index (χ2v) is 7.92. The molecule has 6 heteroatoms. The lowest BCUT2D eigenvalue weighted by atomic mass is 9.51. The summed E-state index contributed by atoms with van der Waals surface area (Å²) >= 11 is 0. The van der Waals surface area contributed by atoms with Gasteiger partial charge in [0.1, 0.15) is 6.10 Å². The minimum atomic E-state index is -1.80. The minimum absolute atomic E-state index is 0.289. The molecule has 1 aliphatic carbocycles. The molecule has 5 unspecified atom stereocenters. The number of rotatable bonds is 2. The predicted octanol–water partition coefficient (Wildman–Crippen LogP) is 3.31. The first-order valence-corrected chi connectivity index (χ1v) is 9.21. The fourth-order valence-corrected chi connectivity index (χ4v) is 5.15. The zero-order valence-corrected chi connectivity index (χ0v) is 15.1. The maximum atomic E-state index is 10.2. The van der Waals surface area contributed by atoms with E-state index in [1.54, 1.807) is 0 Å². The predicted molar refractivity (Wildman–Crippen MR) is 94.8 cm³/mol. The Hall–Kier alpha value is -2.88. The van der Waals surface area contributed by atoms with Crippen LogP contribution in [0.4, 0.5) is 0 Å². The third-order valence-corrected chi connectivity index (χ3v) is 6.55. The van der Waals surface area contributed by atoms with Crippen molar-refractivity contribution in [2.24, 2.45) is 22.7 Å². The molecular weight excluding hydrogens is 340 g/mol. The highest BCUT2D eigenvalue weighted by Gasteiger charge is 2.80. The van der Waals surface area contributed by atoms with Gasteiger partial charge in [0.15, 0.2) is 10.8 Å². The number of ether oxygens (including phenoxy) is 2. The lowest BCUT2D eigenvalue weighted by molar-refractivity contribution is -0.295. The summed E-state index contributed by atoms with van der Waals surface area (Å²) < 4.78 is 12.2. The number of benzene rings is 1. The van der Waals surface area contributed by atoms with Crippen LogP contribution in [0.2, 0.25) is 0 Å². The van der Waals surface area contributed by atoms with Crippen molar-refractivity contribution in [3.05, 3.63) is 35.9 Å². The summed E-state index contributed by atoms with van der Waals surface area (Å²) in [6.07, 6.45) is 1.48.